The molecule has 1 rings (SSSR count). The molecule has 0 unspecified atom stereocenters. The van der Waals surface area contributed by atoms with Crippen molar-refractivity contribution in [3.63, 3.8) is 0 Å². The van der Waals surface area contributed by atoms with E-state index in [1.54, 1.807) is 0 Å². The summed E-state index contributed by atoms with van der Waals surface area (Å²) in [6.45, 7) is 8.03. The molecule has 10 heavy (non-hydrogen) atoms. The van der Waals surface area contributed by atoms with Crippen LogP contribution in [0.3, 0.4) is 0 Å². The third-order valence-electron chi connectivity index (χ3n) is 2.45. The van der Waals surface area contributed by atoms with Gasteiger partial charge in [0.05, 0.1) is 0 Å². The topological polar surface area (TPSA) is 26.3 Å². The quantitative estimate of drug-likeness (QED) is 0.518. The molecule has 2 heteroatoms. The second-order valence-electron chi connectivity index (χ2n) is 4.42. The zero-order valence-corrected chi connectivity index (χ0v) is 7.27. The van der Waals surface area contributed by atoms with Gasteiger partial charge < -0.3 is 10.3 Å². The fraction of sp³-hybridized carbons (Fsp3) is 1.00. The number of rotatable bonds is 0. The Morgan fingerprint density at radius 1 is 1.00 bits per heavy atom. The molecule has 1 aliphatic heterocycles. The van der Waals surface area contributed by atoms with E-state index in [0.717, 1.165) is 12.8 Å². The second kappa shape index (κ2) is 1.95. The highest BCUT2D eigenvalue weighted by Gasteiger charge is 2.37. The van der Waals surface area contributed by atoms with Crippen molar-refractivity contribution < 1.29 is 0 Å². The maximum absolute atomic E-state index is 11.5. The van der Waals surface area contributed by atoms with Gasteiger partial charge in [0.1, 0.15) is 0 Å². The first kappa shape index (κ1) is 8.02. The third-order valence-corrected chi connectivity index (χ3v) is 2.45. The average Bonchev–Trinajstić information content (AvgIpc) is 1.95. The van der Waals surface area contributed by atoms with E-state index in [1.807, 2.05) is 27.7 Å². The van der Waals surface area contributed by atoms with Gasteiger partial charge in [0.15, 0.2) is 0 Å². The molecule has 60 valence electrons. The zero-order valence-electron chi connectivity index (χ0n) is 7.27. The van der Waals surface area contributed by atoms with Crippen molar-refractivity contribution in [3.05, 3.63) is 5.21 Å². The summed E-state index contributed by atoms with van der Waals surface area (Å²) < 4.78 is 0. The first-order valence-electron chi connectivity index (χ1n) is 3.84. The molecule has 0 aromatic rings. The van der Waals surface area contributed by atoms with Crippen molar-refractivity contribution in [3.8, 4) is 0 Å². The molecule has 0 saturated carbocycles. The van der Waals surface area contributed by atoms with Crippen LogP contribution in [0, 0.1) is 5.21 Å². The van der Waals surface area contributed by atoms with Crippen molar-refractivity contribution in [2.75, 3.05) is 0 Å². The smallest absolute Gasteiger partial charge is 0.00375 e. The number of nitrogens with zero attached hydrogens (tertiary/aromatic N) is 1. The summed E-state index contributed by atoms with van der Waals surface area (Å²) in [4.78, 5) is 0. The van der Waals surface area contributed by atoms with Gasteiger partial charge in [-0.2, -0.15) is 0 Å². The monoisotopic (exact) mass is 142 g/mol. The van der Waals surface area contributed by atoms with Crippen LogP contribution >= 0.6 is 0 Å². The van der Waals surface area contributed by atoms with Crippen LogP contribution in [0.25, 0.3) is 0 Å². The highest BCUT2D eigenvalue weighted by atomic mass is 16.5. The summed E-state index contributed by atoms with van der Waals surface area (Å²) in [5.74, 6) is 0. The minimum Gasteiger partial charge on any atom is -0.784 e. The normalized spacial score (nSPS) is 30.9. The van der Waals surface area contributed by atoms with Gasteiger partial charge >= 0.3 is 0 Å². The van der Waals surface area contributed by atoms with Crippen molar-refractivity contribution in [2.24, 2.45) is 0 Å². The van der Waals surface area contributed by atoms with Gasteiger partial charge in [-0.05, 0) is 40.5 Å². The van der Waals surface area contributed by atoms with Crippen molar-refractivity contribution in [2.45, 2.75) is 51.6 Å². The SMILES string of the molecule is CC1(C)CCC(C)(C)N1[O-]. The van der Waals surface area contributed by atoms with Gasteiger partial charge in [-0.15, -0.1) is 0 Å². The molecule has 0 N–H and O–H groups in total. The summed E-state index contributed by atoms with van der Waals surface area (Å²) in [5, 5.41) is 12.7. The predicted octanol–water partition coefficient (Wildman–Crippen LogP) is 2.14. The average molecular weight is 142 g/mol. The molecule has 1 heterocycles. The minimum absolute atomic E-state index is 0.135. The Labute approximate surface area is 62.8 Å². The van der Waals surface area contributed by atoms with Crippen LogP contribution < -0.4 is 0 Å². The Kier molecular flexibility index (Phi) is 1.57. The molecule has 0 aromatic heterocycles. The van der Waals surface area contributed by atoms with Crippen LogP contribution in [0.15, 0.2) is 0 Å². The lowest BCUT2D eigenvalue weighted by atomic mass is 10.0. The number of hydroxylamine groups is 2. The third kappa shape index (κ3) is 1.06. The van der Waals surface area contributed by atoms with E-state index in [1.165, 1.54) is 5.06 Å². The maximum atomic E-state index is 11.5. The molecule has 0 aromatic carbocycles. The number of hydrogen-bond acceptors (Lipinski definition) is 2. The molecule has 0 radical (unpaired) electrons. The van der Waals surface area contributed by atoms with Gasteiger partial charge in [0.25, 0.3) is 0 Å². The zero-order chi connectivity index (χ0) is 7.99. The van der Waals surface area contributed by atoms with E-state index in [0.29, 0.717) is 0 Å². The minimum atomic E-state index is -0.135. The molecule has 0 spiro atoms. The molecule has 1 aliphatic rings. The van der Waals surface area contributed by atoms with Gasteiger partial charge in [-0.1, -0.05) is 0 Å². The van der Waals surface area contributed by atoms with Crippen LogP contribution in [0.5, 0.6) is 0 Å². The van der Waals surface area contributed by atoms with Crippen LogP contribution in [0.1, 0.15) is 40.5 Å². The first-order valence-corrected chi connectivity index (χ1v) is 3.84. The number of hydrogen-bond donors (Lipinski definition) is 0. The molecule has 2 nitrogen and oxygen atoms in total. The highest BCUT2D eigenvalue weighted by molar-refractivity contribution is 5.00. The van der Waals surface area contributed by atoms with Crippen molar-refractivity contribution in [1.82, 2.24) is 5.06 Å². The molecule has 0 atom stereocenters. The second-order valence-corrected chi connectivity index (χ2v) is 4.42. The summed E-state index contributed by atoms with van der Waals surface area (Å²) in [6.07, 6.45) is 2.03. The Morgan fingerprint density at radius 2 is 1.30 bits per heavy atom. The summed E-state index contributed by atoms with van der Waals surface area (Å²) >= 11 is 0. The summed E-state index contributed by atoms with van der Waals surface area (Å²) in [6, 6.07) is 0. The van der Waals surface area contributed by atoms with Crippen LogP contribution in [-0.4, -0.2) is 16.1 Å². The lowest BCUT2D eigenvalue weighted by Crippen LogP contribution is -2.43. The van der Waals surface area contributed by atoms with E-state index in [2.05, 4.69) is 0 Å². The Balaban J connectivity index is 2.77. The lowest BCUT2D eigenvalue weighted by molar-refractivity contribution is 0.144. The molecule has 0 amide bonds. The van der Waals surface area contributed by atoms with Gasteiger partial charge in [0, 0.05) is 11.1 Å². The van der Waals surface area contributed by atoms with Gasteiger partial charge in [-0.25, -0.2) is 0 Å². The fourth-order valence-electron chi connectivity index (χ4n) is 1.63. The van der Waals surface area contributed by atoms with Crippen LogP contribution in [0.2, 0.25) is 0 Å². The maximum Gasteiger partial charge on any atom is 0.00375 e. The van der Waals surface area contributed by atoms with E-state index < -0.39 is 0 Å². The van der Waals surface area contributed by atoms with E-state index in [-0.39, 0.29) is 11.1 Å². The van der Waals surface area contributed by atoms with E-state index >= 15 is 0 Å². The van der Waals surface area contributed by atoms with Gasteiger partial charge in [0.2, 0.25) is 0 Å². The molecule has 0 bridgehead atoms. The standard InChI is InChI=1S/C8H16NO/c1-7(2)5-6-8(3,4)9(7)10/h5-6H2,1-4H3/q-1. The largest absolute Gasteiger partial charge is 0.784 e. The molecular formula is C8H16NO-. The van der Waals surface area contributed by atoms with Gasteiger partial charge in [-0.3, -0.25) is 0 Å². The van der Waals surface area contributed by atoms with Crippen molar-refractivity contribution >= 4 is 0 Å². The summed E-state index contributed by atoms with van der Waals surface area (Å²) in [5.41, 5.74) is -0.271. The molecular weight excluding hydrogens is 126 g/mol. The van der Waals surface area contributed by atoms with E-state index in [4.69, 9.17) is 0 Å². The van der Waals surface area contributed by atoms with Crippen LogP contribution in [-0.2, 0) is 0 Å². The Bertz CT molecular complexity index is 124. The highest BCUT2D eigenvalue weighted by Crippen LogP contribution is 2.38. The van der Waals surface area contributed by atoms with E-state index in [9.17, 15) is 5.21 Å². The molecule has 0 aliphatic carbocycles. The van der Waals surface area contributed by atoms with Crippen LogP contribution in [0.4, 0.5) is 0 Å². The Hall–Kier alpha value is -0.0800. The molecule has 1 saturated heterocycles. The van der Waals surface area contributed by atoms with Crippen molar-refractivity contribution in [1.29, 1.82) is 0 Å². The summed E-state index contributed by atoms with van der Waals surface area (Å²) in [7, 11) is 0. The lowest BCUT2D eigenvalue weighted by Gasteiger charge is -2.46. The molecule has 1 fully saturated rings. The fourth-order valence-corrected chi connectivity index (χ4v) is 1.63. The predicted molar refractivity (Wildman–Crippen MR) is 42.6 cm³/mol. The Morgan fingerprint density at radius 3 is 1.40 bits per heavy atom. The first-order chi connectivity index (χ1) is 4.36.